The van der Waals surface area contributed by atoms with Gasteiger partial charge in [-0.05, 0) is 25.8 Å². The average Bonchev–Trinajstić information content (AvgIpc) is 2.76. The number of ether oxygens (including phenoxy) is 1. The summed E-state index contributed by atoms with van der Waals surface area (Å²) >= 11 is 0. The third kappa shape index (κ3) is 2.88. The van der Waals surface area contributed by atoms with Gasteiger partial charge >= 0.3 is 0 Å². The number of hydrogen-bond donors (Lipinski definition) is 0. The molecule has 0 aromatic heterocycles. The summed E-state index contributed by atoms with van der Waals surface area (Å²) in [4.78, 5) is 2.51. The van der Waals surface area contributed by atoms with E-state index in [9.17, 15) is 0 Å². The summed E-state index contributed by atoms with van der Waals surface area (Å²) in [6, 6.07) is 11.3. The molecule has 1 aromatic rings. The van der Waals surface area contributed by atoms with Gasteiger partial charge in [-0.15, -0.1) is 0 Å². The second-order valence-corrected chi connectivity index (χ2v) is 5.36. The normalized spacial score (nSPS) is 25.6. The Kier molecular flexibility index (Phi) is 3.85. The number of rotatable bonds is 4. The van der Waals surface area contributed by atoms with E-state index in [4.69, 9.17) is 4.74 Å². The molecular weight excluding hydrogens is 210 g/mol. The Labute approximate surface area is 105 Å². The van der Waals surface area contributed by atoms with Crippen LogP contribution < -0.4 is 0 Å². The zero-order valence-electron chi connectivity index (χ0n) is 11.1. The molecule has 1 aromatic carbocycles. The van der Waals surface area contributed by atoms with E-state index in [0.717, 1.165) is 25.9 Å². The van der Waals surface area contributed by atoms with Crippen LogP contribution in [-0.2, 0) is 11.2 Å². The third-order valence-electron chi connectivity index (χ3n) is 3.88. The maximum atomic E-state index is 5.84. The summed E-state index contributed by atoms with van der Waals surface area (Å²) in [5.74, 6) is 0. The van der Waals surface area contributed by atoms with Gasteiger partial charge in [0.25, 0.3) is 0 Å². The molecule has 17 heavy (non-hydrogen) atoms. The highest BCUT2D eigenvalue weighted by molar-refractivity contribution is 5.18. The Bertz CT molecular complexity index is 349. The molecule has 0 aliphatic carbocycles. The van der Waals surface area contributed by atoms with Crippen molar-refractivity contribution in [3.63, 3.8) is 0 Å². The number of methoxy groups -OCH3 is 1. The van der Waals surface area contributed by atoms with Crippen molar-refractivity contribution in [1.29, 1.82) is 0 Å². The molecule has 1 atom stereocenters. The van der Waals surface area contributed by atoms with Gasteiger partial charge in [0, 0.05) is 32.7 Å². The van der Waals surface area contributed by atoms with Crippen LogP contribution >= 0.6 is 0 Å². The van der Waals surface area contributed by atoms with E-state index in [1.54, 1.807) is 0 Å². The van der Waals surface area contributed by atoms with E-state index in [2.05, 4.69) is 49.1 Å². The van der Waals surface area contributed by atoms with E-state index >= 15 is 0 Å². The number of hydrogen-bond acceptors (Lipinski definition) is 2. The predicted molar refractivity (Wildman–Crippen MR) is 71.2 cm³/mol. The van der Waals surface area contributed by atoms with Gasteiger partial charge in [-0.3, -0.25) is 4.90 Å². The molecule has 0 N–H and O–H groups in total. The molecule has 0 bridgehead atoms. The summed E-state index contributed by atoms with van der Waals surface area (Å²) in [6.07, 6.45) is 2.16. The first-order chi connectivity index (χ1) is 8.15. The van der Waals surface area contributed by atoms with Crippen LogP contribution in [0, 0.1) is 0 Å². The molecule has 1 fully saturated rings. The van der Waals surface area contributed by atoms with Crippen molar-refractivity contribution >= 4 is 0 Å². The second-order valence-electron chi connectivity index (χ2n) is 5.36. The highest BCUT2D eigenvalue weighted by Crippen LogP contribution is 2.29. The molecule has 0 spiro atoms. The van der Waals surface area contributed by atoms with Crippen molar-refractivity contribution in [2.24, 2.45) is 0 Å². The van der Waals surface area contributed by atoms with E-state index in [-0.39, 0.29) is 5.60 Å². The fourth-order valence-electron chi connectivity index (χ4n) is 2.67. The van der Waals surface area contributed by atoms with Gasteiger partial charge in [0.2, 0.25) is 0 Å². The van der Waals surface area contributed by atoms with Crippen LogP contribution in [0.5, 0.6) is 0 Å². The first kappa shape index (κ1) is 12.6. The van der Waals surface area contributed by atoms with Crippen LogP contribution in [0.2, 0.25) is 0 Å². The molecule has 1 saturated heterocycles. The Morgan fingerprint density at radius 1 is 1.29 bits per heavy atom. The molecule has 0 amide bonds. The van der Waals surface area contributed by atoms with Gasteiger partial charge in [0.05, 0.1) is 5.60 Å². The lowest BCUT2D eigenvalue weighted by atomic mass is 9.93. The highest BCUT2D eigenvalue weighted by atomic mass is 16.5. The van der Waals surface area contributed by atoms with Gasteiger partial charge in [-0.2, -0.15) is 0 Å². The topological polar surface area (TPSA) is 12.5 Å². The van der Waals surface area contributed by atoms with E-state index in [1.165, 1.54) is 5.56 Å². The molecule has 2 nitrogen and oxygen atoms in total. The summed E-state index contributed by atoms with van der Waals surface area (Å²) < 4.78 is 5.84. The minimum Gasteiger partial charge on any atom is -0.377 e. The monoisotopic (exact) mass is 233 g/mol. The zero-order valence-corrected chi connectivity index (χ0v) is 11.1. The summed E-state index contributed by atoms with van der Waals surface area (Å²) in [5.41, 5.74) is 1.39. The van der Waals surface area contributed by atoms with Crippen molar-refractivity contribution in [2.75, 3.05) is 20.2 Å². The molecule has 0 radical (unpaired) electrons. The molecular formula is C15H23NO. The molecule has 94 valence electrons. The fourth-order valence-corrected chi connectivity index (χ4v) is 2.67. The lowest BCUT2D eigenvalue weighted by molar-refractivity contribution is -0.00332. The number of benzene rings is 1. The van der Waals surface area contributed by atoms with E-state index in [0.29, 0.717) is 6.04 Å². The molecule has 1 aliphatic heterocycles. The van der Waals surface area contributed by atoms with Crippen LogP contribution in [0.15, 0.2) is 30.3 Å². The molecule has 1 unspecified atom stereocenters. The minimum atomic E-state index is 0.0195. The lowest BCUT2D eigenvalue weighted by Crippen LogP contribution is -2.39. The third-order valence-corrected chi connectivity index (χ3v) is 3.88. The zero-order chi connectivity index (χ0) is 12.3. The Balaban J connectivity index is 2.07. The molecule has 1 heterocycles. The Morgan fingerprint density at radius 2 is 2.00 bits per heavy atom. The second kappa shape index (κ2) is 5.19. The maximum absolute atomic E-state index is 5.84. The quantitative estimate of drug-likeness (QED) is 0.793. The van der Waals surface area contributed by atoms with Crippen molar-refractivity contribution in [3.8, 4) is 0 Å². The first-order valence-corrected chi connectivity index (χ1v) is 6.48. The summed E-state index contributed by atoms with van der Waals surface area (Å²) in [6.45, 7) is 6.72. The fraction of sp³-hybridized carbons (Fsp3) is 0.600. The van der Waals surface area contributed by atoms with Gasteiger partial charge in [-0.1, -0.05) is 30.3 Å². The predicted octanol–water partition coefficient (Wildman–Crippen LogP) is 2.73. The van der Waals surface area contributed by atoms with Crippen LogP contribution in [-0.4, -0.2) is 36.7 Å². The van der Waals surface area contributed by atoms with Crippen LogP contribution in [0.25, 0.3) is 0 Å². The molecule has 2 heteroatoms. The Hall–Kier alpha value is -0.860. The first-order valence-electron chi connectivity index (χ1n) is 6.48. The molecule has 1 aliphatic rings. The van der Waals surface area contributed by atoms with E-state index < -0.39 is 0 Å². The van der Waals surface area contributed by atoms with Crippen LogP contribution in [0.1, 0.15) is 25.8 Å². The largest absolute Gasteiger partial charge is 0.377 e. The van der Waals surface area contributed by atoms with E-state index in [1.807, 2.05) is 7.11 Å². The average molecular weight is 233 g/mol. The van der Waals surface area contributed by atoms with Gasteiger partial charge < -0.3 is 4.74 Å². The van der Waals surface area contributed by atoms with Crippen molar-refractivity contribution in [1.82, 2.24) is 4.90 Å². The smallest absolute Gasteiger partial charge is 0.0857 e. The van der Waals surface area contributed by atoms with Crippen molar-refractivity contribution in [3.05, 3.63) is 35.9 Å². The standard InChI is InChI=1S/C15H23NO/c1-13(2)16-10-9-15(12-16,17-3)11-14-7-5-4-6-8-14/h4-8,13H,9-12H2,1-3H3. The maximum Gasteiger partial charge on any atom is 0.0857 e. The van der Waals surface area contributed by atoms with Crippen molar-refractivity contribution in [2.45, 2.75) is 38.3 Å². The SMILES string of the molecule is COC1(Cc2ccccc2)CCN(C(C)C)C1. The lowest BCUT2D eigenvalue weighted by Gasteiger charge is -2.29. The van der Waals surface area contributed by atoms with Crippen LogP contribution in [0.4, 0.5) is 0 Å². The summed E-state index contributed by atoms with van der Waals surface area (Å²) in [5, 5.41) is 0. The molecule has 0 saturated carbocycles. The van der Waals surface area contributed by atoms with Crippen molar-refractivity contribution < 1.29 is 4.74 Å². The molecule has 2 rings (SSSR count). The van der Waals surface area contributed by atoms with Gasteiger partial charge in [-0.25, -0.2) is 0 Å². The Morgan fingerprint density at radius 3 is 2.53 bits per heavy atom. The highest BCUT2D eigenvalue weighted by Gasteiger charge is 2.38. The van der Waals surface area contributed by atoms with Gasteiger partial charge in [0.15, 0.2) is 0 Å². The minimum absolute atomic E-state index is 0.0195. The summed E-state index contributed by atoms with van der Waals surface area (Å²) in [7, 11) is 1.85. The number of nitrogens with zero attached hydrogens (tertiary/aromatic N) is 1. The van der Waals surface area contributed by atoms with Crippen LogP contribution in [0.3, 0.4) is 0 Å². The number of likely N-dealkylation sites (tertiary alicyclic amines) is 1. The van der Waals surface area contributed by atoms with Gasteiger partial charge in [0.1, 0.15) is 0 Å².